The number of nitrogens with zero attached hydrogens (tertiary/aromatic N) is 1. The van der Waals surface area contributed by atoms with Gasteiger partial charge in [0.2, 0.25) is 10.0 Å². The highest BCUT2D eigenvalue weighted by atomic mass is 32.2. The molecule has 1 atom stereocenters. The molecule has 6 nitrogen and oxygen atoms in total. The van der Waals surface area contributed by atoms with Crippen molar-refractivity contribution in [2.24, 2.45) is 11.8 Å². The fourth-order valence-corrected chi connectivity index (χ4v) is 3.71. The molecule has 2 rings (SSSR count). The van der Waals surface area contributed by atoms with Gasteiger partial charge >= 0.3 is 5.97 Å². The molecule has 0 bridgehead atoms. The number of carbonyl (C=O) groups is 1. The van der Waals surface area contributed by atoms with Crippen LogP contribution in [0.15, 0.2) is 35.4 Å². The fourth-order valence-electron chi connectivity index (χ4n) is 2.39. The molecule has 1 unspecified atom stereocenters. The van der Waals surface area contributed by atoms with E-state index in [-0.39, 0.29) is 17.4 Å². The predicted molar refractivity (Wildman–Crippen MR) is 87.6 cm³/mol. The van der Waals surface area contributed by atoms with Gasteiger partial charge in [0.15, 0.2) is 0 Å². The van der Waals surface area contributed by atoms with E-state index in [0.29, 0.717) is 5.52 Å². The maximum absolute atomic E-state index is 12.6. The Hall–Kier alpha value is -1.99. The highest BCUT2D eigenvalue weighted by Crippen LogP contribution is 2.23. The SMILES string of the molecule is Cc1cc(S(=O)(=O)NCC(C(=O)O)C(C)C)c2ncccc2c1. The van der Waals surface area contributed by atoms with E-state index in [2.05, 4.69) is 9.71 Å². The lowest BCUT2D eigenvalue weighted by Gasteiger charge is -2.17. The average molecular weight is 336 g/mol. The number of benzene rings is 1. The number of rotatable bonds is 6. The van der Waals surface area contributed by atoms with Crippen LogP contribution in [0.25, 0.3) is 10.9 Å². The van der Waals surface area contributed by atoms with Crippen molar-refractivity contribution in [3.8, 4) is 0 Å². The van der Waals surface area contributed by atoms with Gasteiger partial charge in [0, 0.05) is 18.1 Å². The monoisotopic (exact) mass is 336 g/mol. The van der Waals surface area contributed by atoms with Gasteiger partial charge in [-0.25, -0.2) is 13.1 Å². The number of aryl methyl sites for hydroxylation is 1. The van der Waals surface area contributed by atoms with Crippen LogP contribution in [-0.2, 0) is 14.8 Å². The molecule has 7 heteroatoms. The first-order chi connectivity index (χ1) is 10.7. The van der Waals surface area contributed by atoms with Gasteiger partial charge in [0.25, 0.3) is 0 Å². The third-order valence-corrected chi connectivity index (χ3v) is 5.16. The van der Waals surface area contributed by atoms with E-state index in [1.54, 1.807) is 39.0 Å². The van der Waals surface area contributed by atoms with Gasteiger partial charge in [0.1, 0.15) is 4.90 Å². The zero-order chi connectivity index (χ0) is 17.2. The van der Waals surface area contributed by atoms with Crippen LogP contribution in [-0.4, -0.2) is 31.0 Å². The summed E-state index contributed by atoms with van der Waals surface area (Å²) in [4.78, 5) is 15.4. The zero-order valence-electron chi connectivity index (χ0n) is 13.3. The number of aliphatic carboxylic acids is 1. The number of fused-ring (bicyclic) bond motifs is 1. The number of carboxylic acids is 1. The van der Waals surface area contributed by atoms with E-state index in [1.165, 1.54) is 6.20 Å². The molecular weight excluding hydrogens is 316 g/mol. The summed E-state index contributed by atoms with van der Waals surface area (Å²) in [6, 6.07) is 6.94. The molecule has 1 heterocycles. The highest BCUT2D eigenvalue weighted by Gasteiger charge is 2.25. The Morgan fingerprint density at radius 3 is 2.65 bits per heavy atom. The van der Waals surface area contributed by atoms with Crippen LogP contribution in [0.3, 0.4) is 0 Å². The van der Waals surface area contributed by atoms with Gasteiger partial charge in [-0.1, -0.05) is 19.9 Å². The van der Waals surface area contributed by atoms with Crippen molar-refractivity contribution < 1.29 is 18.3 Å². The number of aromatic nitrogens is 1. The van der Waals surface area contributed by atoms with Crippen LogP contribution in [0, 0.1) is 18.8 Å². The van der Waals surface area contributed by atoms with Crippen molar-refractivity contribution in [3.05, 3.63) is 36.0 Å². The molecule has 0 radical (unpaired) electrons. The standard InChI is InChI=1S/C16H20N2O4S/c1-10(2)13(16(19)20)9-18-23(21,22)14-8-11(3)7-12-5-4-6-17-15(12)14/h4-8,10,13,18H,9H2,1-3H3,(H,19,20). The number of nitrogens with one attached hydrogen (secondary N) is 1. The molecule has 0 saturated heterocycles. The summed E-state index contributed by atoms with van der Waals surface area (Å²) in [5.41, 5.74) is 1.17. The normalized spacial score (nSPS) is 13.4. The van der Waals surface area contributed by atoms with Crippen molar-refractivity contribution in [2.45, 2.75) is 25.7 Å². The second-order valence-electron chi connectivity index (χ2n) is 5.88. The van der Waals surface area contributed by atoms with E-state index in [9.17, 15) is 18.3 Å². The van der Waals surface area contributed by atoms with Gasteiger partial charge in [0.05, 0.1) is 11.4 Å². The highest BCUT2D eigenvalue weighted by molar-refractivity contribution is 7.89. The summed E-state index contributed by atoms with van der Waals surface area (Å²) in [7, 11) is -3.85. The fraction of sp³-hybridized carbons (Fsp3) is 0.375. The Labute approximate surface area is 135 Å². The largest absolute Gasteiger partial charge is 0.481 e. The van der Waals surface area contributed by atoms with E-state index in [0.717, 1.165) is 10.9 Å². The maximum Gasteiger partial charge on any atom is 0.308 e. The minimum absolute atomic E-state index is 0.0704. The van der Waals surface area contributed by atoms with Gasteiger partial charge in [-0.05, 0) is 36.6 Å². The Bertz CT molecular complexity index is 831. The number of carboxylic acid groups (broad SMARTS) is 1. The summed E-state index contributed by atoms with van der Waals surface area (Å²) in [5.74, 6) is -1.98. The molecule has 0 fully saturated rings. The minimum Gasteiger partial charge on any atom is -0.481 e. The summed E-state index contributed by atoms with van der Waals surface area (Å²) in [5, 5.41) is 9.91. The number of sulfonamides is 1. The van der Waals surface area contributed by atoms with Crippen molar-refractivity contribution >= 4 is 26.9 Å². The average Bonchev–Trinajstić information content (AvgIpc) is 2.45. The molecule has 0 spiro atoms. The number of hydrogen-bond acceptors (Lipinski definition) is 4. The first-order valence-electron chi connectivity index (χ1n) is 7.30. The molecule has 2 aromatic rings. The van der Waals surface area contributed by atoms with E-state index in [4.69, 9.17) is 0 Å². The van der Waals surface area contributed by atoms with Gasteiger partial charge < -0.3 is 5.11 Å². The van der Waals surface area contributed by atoms with Crippen LogP contribution >= 0.6 is 0 Å². The molecule has 0 saturated carbocycles. The Morgan fingerprint density at radius 2 is 2.04 bits per heavy atom. The van der Waals surface area contributed by atoms with Crippen LogP contribution in [0.4, 0.5) is 0 Å². The molecule has 124 valence electrons. The van der Waals surface area contributed by atoms with Crippen molar-refractivity contribution in [2.75, 3.05) is 6.54 Å². The van der Waals surface area contributed by atoms with Gasteiger partial charge in [-0.2, -0.15) is 0 Å². The first-order valence-corrected chi connectivity index (χ1v) is 8.78. The Balaban J connectivity index is 2.39. The molecule has 0 aliphatic carbocycles. The first kappa shape index (κ1) is 17.4. The quantitative estimate of drug-likeness (QED) is 0.843. The van der Waals surface area contributed by atoms with Crippen molar-refractivity contribution in [1.82, 2.24) is 9.71 Å². The summed E-state index contributed by atoms with van der Waals surface area (Å²) < 4.78 is 27.6. The van der Waals surface area contributed by atoms with Crippen molar-refractivity contribution in [1.29, 1.82) is 0 Å². The number of hydrogen-bond donors (Lipinski definition) is 2. The van der Waals surface area contributed by atoms with E-state index in [1.807, 2.05) is 6.07 Å². The third kappa shape index (κ3) is 3.86. The number of pyridine rings is 1. The third-order valence-electron chi connectivity index (χ3n) is 3.72. The zero-order valence-corrected chi connectivity index (χ0v) is 14.1. The molecule has 0 aliphatic rings. The topological polar surface area (TPSA) is 96.4 Å². The molecular formula is C16H20N2O4S. The van der Waals surface area contributed by atoms with Crippen LogP contribution in [0.1, 0.15) is 19.4 Å². The molecule has 0 aliphatic heterocycles. The minimum atomic E-state index is -3.85. The summed E-state index contributed by atoms with van der Waals surface area (Å²) >= 11 is 0. The molecule has 1 aromatic carbocycles. The van der Waals surface area contributed by atoms with E-state index >= 15 is 0 Å². The smallest absolute Gasteiger partial charge is 0.308 e. The molecule has 23 heavy (non-hydrogen) atoms. The molecule has 1 aromatic heterocycles. The Morgan fingerprint density at radius 1 is 1.35 bits per heavy atom. The predicted octanol–water partition coefficient (Wildman–Crippen LogP) is 2.18. The summed E-state index contributed by atoms with van der Waals surface area (Å²) in [6.07, 6.45) is 1.53. The van der Waals surface area contributed by atoms with Gasteiger partial charge in [-0.15, -0.1) is 0 Å². The summed E-state index contributed by atoms with van der Waals surface area (Å²) in [6.45, 7) is 5.14. The lowest BCUT2D eigenvalue weighted by Crippen LogP contribution is -2.35. The lowest BCUT2D eigenvalue weighted by atomic mass is 9.97. The van der Waals surface area contributed by atoms with Crippen LogP contribution in [0.5, 0.6) is 0 Å². The molecule has 2 N–H and O–H groups in total. The lowest BCUT2D eigenvalue weighted by molar-refractivity contribution is -0.142. The molecule has 0 amide bonds. The van der Waals surface area contributed by atoms with Crippen LogP contribution < -0.4 is 4.72 Å². The second-order valence-corrected chi connectivity index (χ2v) is 7.61. The van der Waals surface area contributed by atoms with Crippen LogP contribution in [0.2, 0.25) is 0 Å². The van der Waals surface area contributed by atoms with Gasteiger partial charge in [-0.3, -0.25) is 9.78 Å². The maximum atomic E-state index is 12.6. The van der Waals surface area contributed by atoms with E-state index < -0.39 is 21.9 Å². The second kappa shape index (κ2) is 6.64. The van der Waals surface area contributed by atoms with Crippen molar-refractivity contribution in [3.63, 3.8) is 0 Å². The Kier molecular flexibility index (Phi) is 5.01.